The van der Waals surface area contributed by atoms with Crippen LogP contribution in [0.4, 0.5) is 0 Å². The molecule has 8 heteroatoms. The Bertz CT molecular complexity index is 959. The lowest BCUT2D eigenvalue weighted by atomic mass is 9.97. The Kier molecular flexibility index (Phi) is 6.49. The van der Waals surface area contributed by atoms with E-state index in [-0.39, 0.29) is 24.3 Å². The quantitative estimate of drug-likeness (QED) is 0.396. The van der Waals surface area contributed by atoms with E-state index in [1.807, 2.05) is 32.0 Å². The van der Waals surface area contributed by atoms with E-state index in [9.17, 15) is 4.79 Å². The third-order valence-corrected chi connectivity index (χ3v) is 4.82. The van der Waals surface area contributed by atoms with Gasteiger partial charge in [-0.2, -0.15) is 0 Å². The van der Waals surface area contributed by atoms with Crippen LogP contribution in [0, 0.1) is 5.41 Å². The van der Waals surface area contributed by atoms with Gasteiger partial charge in [-0.3, -0.25) is 10.2 Å². The van der Waals surface area contributed by atoms with E-state index in [2.05, 4.69) is 10.1 Å². The average molecular weight is 416 g/mol. The zero-order valence-electron chi connectivity index (χ0n) is 16.2. The second-order valence-corrected chi connectivity index (χ2v) is 7.53. The van der Waals surface area contributed by atoms with Gasteiger partial charge >= 0.3 is 5.97 Å². The maximum atomic E-state index is 11.0. The maximum Gasteiger partial charge on any atom is 0.303 e. The number of ether oxygens (including phenoxy) is 1. The number of rotatable bonds is 7. The Labute approximate surface area is 173 Å². The van der Waals surface area contributed by atoms with Crippen molar-refractivity contribution in [3.05, 3.63) is 57.7 Å². The molecule has 0 fully saturated rings. The smallest absolute Gasteiger partial charge is 0.303 e. The molecule has 29 heavy (non-hydrogen) atoms. The summed E-state index contributed by atoms with van der Waals surface area (Å²) in [7, 11) is 0. The predicted octanol–water partition coefficient (Wildman–Crippen LogP) is 4.40. The van der Waals surface area contributed by atoms with Gasteiger partial charge in [-0.05, 0) is 61.4 Å². The van der Waals surface area contributed by atoms with Gasteiger partial charge in [-0.1, -0.05) is 28.9 Å². The lowest BCUT2D eigenvalue weighted by Crippen LogP contribution is -2.09. The van der Waals surface area contributed by atoms with Crippen LogP contribution < -0.4 is 4.74 Å². The zero-order valence-corrected chi connectivity index (χ0v) is 16.9. The van der Waals surface area contributed by atoms with Crippen LogP contribution in [0.5, 0.6) is 5.88 Å². The van der Waals surface area contributed by atoms with Crippen molar-refractivity contribution in [1.82, 2.24) is 4.98 Å². The van der Waals surface area contributed by atoms with Crippen molar-refractivity contribution in [2.75, 3.05) is 0 Å². The first-order chi connectivity index (χ1) is 13.8. The fourth-order valence-corrected chi connectivity index (χ4v) is 3.49. The van der Waals surface area contributed by atoms with Gasteiger partial charge in [0.05, 0.1) is 24.3 Å². The first-order valence-corrected chi connectivity index (χ1v) is 9.67. The first-order valence-electron chi connectivity index (χ1n) is 9.29. The summed E-state index contributed by atoms with van der Waals surface area (Å²) in [6.45, 7) is 3.74. The number of nitrogens with one attached hydrogen (secondary N) is 1. The van der Waals surface area contributed by atoms with Gasteiger partial charge in [0.2, 0.25) is 11.8 Å². The Morgan fingerprint density at radius 3 is 2.93 bits per heavy atom. The summed E-state index contributed by atoms with van der Waals surface area (Å²) in [5, 5.41) is 21.2. The number of halogens is 1. The standard InChI is InChI=1S/C21H22ClN3O4/c1-12(2)28-21-18(22)8-16(11-24-21)20(23)29-25-10-13-3-6-17-14(7-13)4-5-15(17)9-19(26)27/h3,6-8,10-12,15,23H,4-5,9H2,1-2H3,(H,26,27)/b23-20?,25-10+. The Balaban J connectivity index is 1.62. The van der Waals surface area contributed by atoms with Crippen LogP contribution in [0.1, 0.15) is 54.9 Å². The SMILES string of the molecule is CC(C)Oc1ncc(C(=N)O/N=C/c2ccc3c(c2)CCC3CC(=O)O)cc1Cl. The molecule has 1 unspecified atom stereocenters. The topological polar surface area (TPSA) is 105 Å². The summed E-state index contributed by atoms with van der Waals surface area (Å²) in [5.74, 6) is -0.591. The van der Waals surface area contributed by atoms with Gasteiger partial charge in [0, 0.05) is 6.20 Å². The Morgan fingerprint density at radius 1 is 1.45 bits per heavy atom. The van der Waals surface area contributed by atoms with Gasteiger partial charge in [0.25, 0.3) is 0 Å². The van der Waals surface area contributed by atoms with Crippen molar-refractivity contribution in [1.29, 1.82) is 5.41 Å². The van der Waals surface area contributed by atoms with E-state index < -0.39 is 5.97 Å². The molecule has 0 spiro atoms. The van der Waals surface area contributed by atoms with Crippen LogP contribution in [0.25, 0.3) is 0 Å². The minimum Gasteiger partial charge on any atom is -0.481 e. The van der Waals surface area contributed by atoms with Gasteiger partial charge in [-0.25, -0.2) is 4.98 Å². The van der Waals surface area contributed by atoms with Crippen LogP contribution in [0.2, 0.25) is 5.02 Å². The number of aromatic nitrogens is 1. The molecule has 0 saturated heterocycles. The molecule has 1 aliphatic carbocycles. The molecule has 0 aliphatic heterocycles. The third kappa shape index (κ3) is 5.32. The molecular formula is C21H22ClN3O4. The summed E-state index contributed by atoms with van der Waals surface area (Å²) in [4.78, 5) is 20.2. The molecule has 2 N–H and O–H groups in total. The van der Waals surface area contributed by atoms with Crippen LogP contribution in [-0.4, -0.2) is 34.3 Å². The van der Waals surface area contributed by atoms with Crippen LogP contribution >= 0.6 is 11.6 Å². The van der Waals surface area contributed by atoms with E-state index in [0.29, 0.717) is 16.5 Å². The molecule has 0 amide bonds. The van der Waals surface area contributed by atoms with E-state index in [0.717, 1.165) is 29.5 Å². The van der Waals surface area contributed by atoms with Crippen molar-refractivity contribution < 1.29 is 19.5 Å². The molecule has 0 saturated carbocycles. The van der Waals surface area contributed by atoms with Crippen molar-refractivity contribution in [3.8, 4) is 5.88 Å². The zero-order chi connectivity index (χ0) is 21.0. The number of nitrogens with zero attached hydrogens (tertiary/aromatic N) is 2. The lowest BCUT2D eigenvalue weighted by molar-refractivity contribution is -0.137. The van der Waals surface area contributed by atoms with Gasteiger partial charge < -0.3 is 14.7 Å². The number of carbonyl (C=O) groups is 1. The third-order valence-electron chi connectivity index (χ3n) is 4.55. The van der Waals surface area contributed by atoms with Crippen LogP contribution in [0.15, 0.2) is 35.6 Å². The number of aliphatic carboxylic acids is 1. The number of carboxylic acid groups (broad SMARTS) is 1. The Hall–Kier alpha value is -2.93. The fourth-order valence-electron chi connectivity index (χ4n) is 3.28. The first kappa shape index (κ1) is 20.8. The number of pyridine rings is 1. The molecule has 1 heterocycles. The highest BCUT2D eigenvalue weighted by Gasteiger charge is 2.24. The van der Waals surface area contributed by atoms with E-state index in [1.165, 1.54) is 12.4 Å². The Morgan fingerprint density at radius 2 is 2.24 bits per heavy atom. The lowest BCUT2D eigenvalue weighted by Gasteiger charge is -2.10. The predicted molar refractivity (Wildman–Crippen MR) is 110 cm³/mol. The van der Waals surface area contributed by atoms with E-state index in [4.69, 9.17) is 31.7 Å². The number of fused-ring (bicyclic) bond motifs is 1. The molecule has 1 aliphatic rings. The van der Waals surface area contributed by atoms with Gasteiger partial charge in [0.1, 0.15) is 5.02 Å². The summed E-state index contributed by atoms with van der Waals surface area (Å²) < 4.78 is 5.47. The largest absolute Gasteiger partial charge is 0.481 e. The molecule has 7 nitrogen and oxygen atoms in total. The number of carboxylic acids is 1. The van der Waals surface area contributed by atoms with Gasteiger partial charge in [-0.15, -0.1) is 0 Å². The van der Waals surface area contributed by atoms with E-state index in [1.54, 1.807) is 6.07 Å². The molecular weight excluding hydrogens is 394 g/mol. The van der Waals surface area contributed by atoms with Crippen molar-refractivity contribution in [2.24, 2.45) is 5.16 Å². The molecule has 1 aromatic carbocycles. The summed E-state index contributed by atoms with van der Waals surface area (Å²) in [6, 6.07) is 7.33. The van der Waals surface area contributed by atoms with Crippen molar-refractivity contribution >= 4 is 29.7 Å². The average Bonchev–Trinajstić information content (AvgIpc) is 3.04. The van der Waals surface area contributed by atoms with Crippen LogP contribution in [0.3, 0.4) is 0 Å². The van der Waals surface area contributed by atoms with E-state index >= 15 is 0 Å². The highest BCUT2D eigenvalue weighted by Crippen LogP contribution is 2.35. The normalized spacial score (nSPS) is 15.5. The molecule has 152 valence electrons. The summed E-state index contributed by atoms with van der Waals surface area (Å²) >= 11 is 6.13. The molecule has 0 bridgehead atoms. The highest BCUT2D eigenvalue weighted by atomic mass is 35.5. The number of aryl methyl sites for hydroxylation is 1. The van der Waals surface area contributed by atoms with Crippen molar-refractivity contribution in [2.45, 2.75) is 45.1 Å². The molecule has 3 rings (SSSR count). The second-order valence-electron chi connectivity index (χ2n) is 7.12. The second kappa shape index (κ2) is 9.05. The molecule has 1 atom stereocenters. The van der Waals surface area contributed by atoms with Crippen molar-refractivity contribution in [3.63, 3.8) is 0 Å². The monoisotopic (exact) mass is 415 g/mol. The number of benzene rings is 1. The van der Waals surface area contributed by atoms with Gasteiger partial charge in [0.15, 0.2) is 0 Å². The fraction of sp³-hybridized carbons (Fsp3) is 0.333. The minimum atomic E-state index is -0.779. The number of oxime groups is 1. The summed E-state index contributed by atoms with van der Waals surface area (Å²) in [5.41, 5.74) is 3.42. The molecule has 1 aromatic heterocycles. The minimum absolute atomic E-state index is 0.0575. The highest BCUT2D eigenvalue weighted by molar-refractivity contribution is 6.32. The molecule has 2 aromatic rings. The maximum absolute atomic E-state index is 11.0. The number of hydrogen-bond acceptors (Lipinski definition) is 6. The number of hydrogen-bond donors (Lipinski definition) is 2. The molecule has 0 radical (unpaired) electrons. The van der Waals surface area contributed by atoms with Crippen LogP contribution in [-0.2, 0) is 16.1 Å². The summed E-state index contributed by atoms with van der Waals surface area (Å²) in [6.07, 6.45) is 4.74.